The first-order valence-corrected chi connectivity index (χ1v) is 5.79. The molecule has 3 nitrogen and oxygen atoms in total. The average molecular weight is 219 g/mol. The molecule has 86 valence electrons. The Kier molecular flexibility index (Phi) is 3.57. The number of aryl methyl sites for hydroxylation is 1. The summed E-state index contributed by atoms with van der Waals surface area (Å²) in [6.07, 6.45) is 2.19. The number of nitrogens with one attached hydrogen (secondary N) is 1. The molecule has 1 aromatic rings. The van der Waals surface area contributed by atoms with Crippen molar-refractivity contribution >= 4 is 11.5 Å². The van der Waals surface area contributed by atoms with Gasteiger partial charge in [0.05, 0.1) is 0 Å². The summed E-state index contributed by atoms with van der Waals surface area (Å²) in [5.41, 5.74) is 3.17. The van der Waals surface area contributed by atoms with E-state index in [0.717, 1.165) is 24.9 Å². The Morgan fingerprint density at radius 1 is 1.50 bits per heavy atom. The lowest BCUT2D eigenvalue weighted by Gasteiger charge is -2.18. The van der Waals surface area contributed by atoms with Crippen molar-refractivity contribution in [1.29, 1.82) is 0 Å². The van der Waals surface area contributed by atoms with Crippen LogP contribution in [-0.4, -0.2) is 25.5 Å². The summed E-state index contributed by atoms with van der Waals surface area (Å²) in [5.74, 6) is 0.0650. The van der Waals surface area contributed by atoms with Gasteiger partial charge in [-0.2, -0.15) is 0 Å². The summed E-state index contributed by atoms with van der Waals surface area (Å²) < 4.78 is 5.13. The Hall–Kier alpha value is -1.35. The van der Waals surface area contributed by atoms with Crippen molar-refractivity contribution < 1.29 is 9.53 Å². The van der Waals surface area contributed by atoms with Gasteiger partial charge in [-0.25, -0.2) is 0 Å². The fourth-order valence-electron chi connectivity index (χ4n) is 1.93. The maximum Gasteiger partial charge on any atom is 0.188 e. The second kappa shape index (κ2) is 5.12. The van der Waals surface area contributed by atoms with Crippen molar-refractivity contribution in [2.75, 3.05) is 25.1 Å². The number of Topliss-reactive ketones (excluding diaryl/α,β-unsaturated/α-hetero) is 1. The number of benzene rings is 1. The minimum Gasteiger partial charge on any atom is -0.385 e. The van der Waals surface area contributed by atoms with E-state index in [4.69, 9.17) is 4.74 Å². The number of ketones is 1. The van der Waals surface area contributed by atoms with Gasteiger partial charge in [0.1, 0.15) is 6.61 Å². The van der Waals surface area contributed by atoms with Gasteiger partial charge in [-0.15, -0.1) is 0 Å². The number of fused-ring (bicyclic) bond motifs is 1. The Balaban J connectivity index is 2.13. The molecule has 3 heteroatoms. The summed E-state index contributed by atoms with van der Waals surface area (Å²) in [7, 11) is 0. The molecule has 0 atom stereocenters. The Labute approximate surface area is 95.8 Å². The van der Waals surface area contributed by atoms with E-state index < -0.39 is 0 Å². The second-order valence-electron chi connectivity index (χ2n) is 3.96. The lowest BCUT2D eigenvalue weighted by atomic mass is 9.99. The first kappa shape index (κ1) is 11.1. The van der Waals surface area contributed by atoms with Gasteiger partial charge in [0.2, 0.25) is 0 Å². The van der Waals surface area contributed by atoms with Crippen LogP contribution in [0, 0.1) is 0 Å². The molecule has 0 saturated carbocycles. The van der Waals surface area contributed by atoms with Crippen molar-refractivity contribution in [2.45, 2.75) is 19.8 Å². The van der Waals surface area contributed by atoms with Gasteiger partial charge in [-0.3, -0.25) is 4.79 Å². The number of hydrogen-bond donors (Lipinski definition) is 1. The van der Waals surface area contributed by atoms with Crippen molar-refractivity contribution in [3.63, 3.8) is 0 Å². The number of rotatable bonds is 4. The largest absolute Gasteiger partial charge is 0.385 e. The van der Waals surface area contributed by atoms with Gasteiger partial charge in [0.25, 0.3) is 0 Å². The number of ether oxygens (including phenoxy) is 1. The van der Waals surface area contributed by atoms with Gasteiger partial charge in [-0.1, -0.05) is 0 Å². The van der Waals surface area contributed by atoms with Crippen LogP contribution in [0.5, 0.6) is 0 Å². The molecule has 1 aliphatic rings. The van der Waals surface area contributed by atoms with Crippen molar-refractivity contribution in [2.24, 2.45) is 0 Å². The lowest BCUT2D eigenvalue weighted by molar-refractivity contribution is 0.0783. The Morgan fingerprint density at radius 2 is 2.38 bits per heavy atom. The zero-order chi connectivity index (χ0) is 11.4. The van der Waals surface area contributed by atoms with Crippen molar-refractivity contribution in [3.05, 3.63) is 29.3 Å². The van der Waals surface area contributed by atoms with E-state index in [0.29, 0.717) is 6.61 Å². The molecule has 0 saturated heterocycles. The highest BCUT2D eigenvalue weighted by Gasteiger charge is 2.12. The molecule has 1 aromatic carbocycles. The second-order valence-corrected chi connectivity index (χ2v) is 3.96. The molecule has 0 fully saturated rings. The topological polar surface area (TPSA) is 38.3 Å². The molecule has 0 unspecified atom stereocenters. The molecule has 16 heavy (non-hydrogen) atoms. The molecule has 0 spiro atoms. The monoisotopic (exact) mass is 219 g/mol. The molecule has 1 heterocycles. The van der Waals surface area contributed by atoms with Gasteiger partial charge in [-0.05, 0) is 43.5 Å². The molecule has 0 radical (unpaired) electrons. The smallest absolute Gasteiger partial charge is 0.188 e. The van der Waals surface area contributed by atoms with E-state index in [1.165, 1.54) is 11.3 Å². The third-order valence-electron chi connectivity index (χ3n) is 2.80. The van der Waals surface area contributed by atoms with Gasteiger partial charge < -0.3 is 10.1 Å². The number of carbonyl (C=O) groups is 1. The zero-order valence-electron chi connectivity index (χ0n) is 9.58. The summed E-state index contributed by atoms with van der Waals surface area (Å²) in [4.78, 5) is 11.7. The first-order valence-electron chi connectivity index (χ1n) is 5.79. The van der Waals surface area contributed by atoms with Crippen LogP contribution in [0.15, 0.2) is 18.2 Å². The zero-order valence-corrected chi connectivity index (χ0v) is 9.58. The third-order valence-corrected chi connectivity index (χ3v) is 2.80. The summed E-state index contributed by atoms with van der Waals surface area (Å²) in [6.45, 7) is 3.68. The summed E-state index contributed by atoms with van der Waals surface area (Å²) in [5, 5.41) is 3.33. The van der Waals surface area contributed by atoms with Crippen LogP contribution < -0.4 is 5.32 Å². The molecule has 2 rings (SSSR count). The van der Waals surface area contributed by atoms with Crippen LogP contribution in [0.2, 0.25) is 0 Å². The minimum absolute atomic E-state index is 0.0650. The lowest BCUT2D eigenvalue weighted by Crippen LogP contribution is -2.14. The van der Waals surface area contributed by atoms with Crippen LogP contribution in [0.1, 0.15) is 29.3 Å². The van der Waals surface area contributed by atoms with E-state index >= 15 is 0 Å². The van der Waals surface area contributed by atoms with Crippen LogP contribution in [0.3, 0.4) is 0 Å². The molecular weight excluding hydrogens is 202 g/mol. The maximum absolute atomic E-state index is 11.7. The SMILES string of the molecule is CCOCC(=O)c1ccc2c(c1)CCCN2. The normalized spacial score (nSPS) is 14.1. The maximum atomic E-state index is 11.7. The molecule has 1 N–H and O–H groups in total. The minimum atomic E-state index is 0.0650. The van der Waals surface area contributed by atoms with E-state index in [2.05, 4.69) is 5.32 Å². The Bertz CT molecular complexity index is 388. The molecular formula is C13H17NO2. The van der Waals surface area contributed by atoms with Gasteiger partial charge in [0.15, 0.2) is 5.78 Å². The average Bonchev–Trinajstić information content (AvgIpc) is 2.35. The standard InChI is InChI=1S/C13H17NO2/c1-2-16-9-13(15)11-5-6-12-10(8-11)4-3-7-14-12/h5-6,8,14H,2-4,7,9H2,1H3. The molecule has 0 aliphatic carbocycles. The predicted molar refractivity (Wildman–Crippen MR) is 64.1 cm³/mol. The number of hydrogen-bond acceptors (Lipinski definition) is 3. The first-order chi connectivity index (χ1) is 7.81. The van der Waals surface area contributed by atoms with Crippen LogP contribution in [0.4, 0.5) is 5.69 Å². The van der Waals surface area contributed by atoms with E-state index in [-0.39, 0.29) is 12.4 Å². The molecule has 0 amide bonds. The molecule has 0 aromatic heterocycles. The van der Waals surface area contributed by atoms with Crippen LogP contribution in [-0.2, 0) is 11.2 Å². The van der Waals surface area contributed by atoms with E-state index in [1.54, 1.807) is 0 Å². The number of carbonyl (C=O) groups excluding carboxylic acids is 1. The number of anilines is 1. The highest BCUT2D eigenvalue weighted by Crippen LogP contribution is 2.23. The highest BCUT2D eigenvalue weighted by molar-refractivity contribution is 5.97. The van der Waals surface area contributed by atoms with Crippen molar-refractivity contribution in [1.82, 2.24) is 0 Å². The fraction of sp³-hybridized carbons (Fsp3) is 0.462. The third kappa shape index (κ3) is 2.42. The molecule has 1 aliphatic heterocycles. The summed E-state index contributed by atoms with van der Waals surface area (Å²) in [6, 6.07) is 5.86. The van der Waals surface area contributed by atoms with Crippen LogP contribution in [0.25, 0.3) is 0 Å². The highest BCUT2D eigenvalue weighted by atomic mass is 16.5. The summed E-state index contributed by atoms with van der Waals surface area (Å²) >= 11 is 0. The fourth-order valence-corrected chi connectivity index (χ4v) is 1.93. The predicted octanol–water partition coefficient (Wildman–Crippen LogP) is 2.26. The van der Waals surface area contributed by atoms with E-state index in [1.807, 2.05) is 25.1 Å². The van der Waals surface area contributed by atoms with Gasteiger partial charge in [0, 0.05) is 24.4 Å². The quantitative estimate of drug-likeness (QED) is 0.789. The van der Waals surface area contributed by atoms with Crippen molar-refractivity contribution in [3.8, 4) is 0 Å². The Morgan fingerprint density at radius 3 is 3.19 bits per heavy atom. The van der Waals surface area contributed by atoms with Crippen LogP contribution >= 0.6 is 0 Å². The molecule has 0 bridgehead atoms. The van der Waals surface area contributed by atoms with Gasteiger partial charge >= 0.3 is 0 Å². The van der Waals surface area contributed by atoms with E-state index in [9.17, 15) is 4.79 Å².